The highest BCUT2D eigenvalue weighted by Crippen LogP contribution is 2.39. The van der Waals surface area contributed by atoms with Crippen LogP contribution in [0, 0.1) is 5.41 Å². The smallest absolute Gasteiger partial charge is 0.236 e. The normalized spacial score (nSPS) is 24.7. The zero-order valence-corrected chi connectivity index (χ0v) is 9.42. The van der Waals surface area contributed by atoms with Crippen molar-refractivity contribution in [1.29, 1.82) is 0 Å². The summed E-state index contributed by atoms with van der Waals surface area (Å²) < 4.78 is 5.38. The molecule has 1 N–H and O–H groups in total. The lowest BCUT2D eigenvalue weighted by molar-refractivity contribution is -0.129. The number of nitrogens with zero attached hydrogens (tertiary/aromatic N) is 1. The third-order valence-electron chi connectivity index (χ3n) is 3.67. The maximum absolute atomic E-state index is 11.7. The molecule has 2 fully saturated rings. The van der Waals surface area contributed by atoms with Crippen LogP contribution in [0.3, 0.4) is 0 Å². The number of likely N-dealkylation sites (tertiary alicyclic amines) is 1. The molecule has 15 heavy (non-hydrogen) atoms. The molecule has 2 heterocycles. The van der Waals surface area contributed by atoms with Gasteiger partial charge in [-0.3, -0.25) is 4.79 Å². The van der Waals surface area contributed by atoms with Crippen LogP contribution in [-0.2, 0) is 9.53 Å². The van der Waals surface area contributed by atoms with E-state index in [0.717, 1.165) is 45.6 Å². The van der Waals surface area contributed by atoms with Gasteiger partial charge in [-0.15, -0.1) is 0 Å². The first-order valence-corrected chi connectivity index (χ1v) is 5.76. The maximum atomic E-state index is 11.7. The number of hydrogen-bond donors (Lipinski definition) is 1. The Morgan fingerprint density at radius 1 is 1.40 bits per heavy atom. The topological polar surface area (TPSA) is 41.6 Å². The van der Waals surface area contributed by atoms with Crippen LogP contribution >= 0.6 is 0 Å². The van der Waals surface area contributed by atoms with Crippen molar-refractivity contribution in [3.63, 3.8) is 0 Å². The standard InChI is InChI=1S/C11H20N2O2/c1-12-8-10(14)13-5-2-11(9-13)3-6-15-7-4-11/h12H,2-9H2,1H3. The Labute approximate surface area is 91.0 Å². The average molecular weight is 212 g/mol. The number of carbonyl (C=O) groups is 1. The SMILES string of the molecule is CNCC(=O)N1CCC2(CCOCC2)C1. The highest BCUT2D eigenvalue weighted by Gasteiger charge is 2.40. The predicted molar refractivity (Wildman–Crippen MR) is 57.6 cm³/mol. The molecule has 1 amide bonds. The maximum Gasteiger partial charge on any atom is 0.236 e. The monoisotopic (exact) mass is 212 g/mol. The second-order valence-electron chi connectivity index (χ2n) is 4.71. The van der Waals surface area contributed by atoms with Gasteiger partial charge in [0.2, 0.25) is 5.91 Å². The number of hydrogen-bond acceptors (Lipinski definition) is 3. The third kappa shape index (κ3) is 2.32. The van der Waals surface area contributed by atoms with Crippen molar-refractivity contribution in [1.82, 2.24) is 10.2 Å². The van der Waals surface area contributed by atoms with Crippen LogP contribution in [0.15, 0.2) is 0 Å². The quantitative estimate of drug-likeness (QED) is 0.712. The van der Waals surface area contributed by atoms with E-state index in [9.17, 15) is 4.79 Å². The Balaban J connectivity index is 1.90. The molecule has 0 unspecified atom stereocenters. The van der Waals surface area contributed by atoms with Gasteiger partial charge >= 0.3 is 0 Å². The summed E-state index contributed by atoms with van der Waals surface area (Å²) in [7, 11) is 1.82. The number of nitrogens with one attached hydrogen (secondary N) is 1. The molecule has 0 aromatic heterocycles. The number of rotatable bonds is 2. The minimum atomic E-state index is 0.237. The highest BCUT2D eigenvalue weighted by atomic mass is 16.5. The van der Waals surface area contributed by atoms with E-state index in [1.165, 1.54) is 0 Å². The Kier molecular flexibility index (Phi) is 3.26. The Hall–Kier alpha value is -0.610. The largest absolute Gasteiger partial charge is 0.381 e. The fourth-order valence-corrected chi connectivity index (χ4v) is 2.62. The molecule has 0 aromatic rings. The summed E-state index contributed by atoms with van der Waals surface area (Å²) >= 11 is 0. The first-order chi connectivity index (χ1) is 7.26. The van der Waals surface area contributed by atoms with Gasteiger partial charge in [0.15, 0.2) is 0 Å². The van der Waals surface area contributed by atoms with Gasteiger partial charge in [-0.25, -0.2) is 0 Å². The fourth-order valence-electron chi connectivity index (χ4n) is 2.62. The molecule has 0 radical (unpaired) electrons. The van der Waals surface area contributed by atoms with Gasteiger partial charge in [0.05, 0.1) is 6.54 Å². The molecule has 0 aromatic carbocycles. The summed E-state index contributed by atoms with van der Waals surface area (Å²) in [6.45, 7) is 4.08. The molecular formula is C11H20N2O2. The summed E-state index contributed by atoms with van der Waals surface area (Å²) in [5, 5.41) is 2.92. The van der Waals surface area contributed by atoms with Crippen molar-refractivity contribution in [2.24, 2.45) is 5.41 Å². The average Bonchev–Trinajstić information content (AvgIpc) is 2.64. The molecule has 4 heteroatoms. The molecule has 2 aliphatic heterocycles. The van der Waals surface area contributed by atoms with E-state index in [1.807, 2.05) is 11.9 Å². The fraction of sp³-hybridized carbons (Fsp3) is 0.909. The van der Waals surface area contributed by atoms with E-state index in [1.54, 1.807) is 0 Å². The lowest BCUT2D eigenvalue weighted by Gasteiger charge is -2.33. The van der Waals surface area contributed by atoms with Crippen molar-refractivity contribution < 1.29 is 9.53 Å². The molecule has 2 rings (SSSR count). The second-order valence-corrected chi connectivity index (χ2v) is 4.71. The van der Waals surface area contributed by atoms with Gasteiger partial charge in [0.25, 0.3) is 0 Å². The second kappa shape index (κ2) is 4.49. The first kappa shape index (κ1) is 10.9. The van der Waals surface area contributed by atoms with Crippen LogP contribution in [-0.4, -0.2) is 50.7 Å². The summed E-state index contributed by atoms with van der Waals surface area (Å²) in [5.74, 6) is 0.237. The summed E-state index contributed by atoms with van der Waals surface area (Å²) in [6.07, 6.45) is 3.40. The van der Waals surface area contributed by atoms with E-state index in [-0.39, 0.29) is 5.91 Å². The zero-order chi connectivity index (χ0) is 10.7. The van der Waals surface area contributed by atoms with Crippen LogP contribution in [0.4, 0.5) is 0 Å². The van der Waals surface area contributed by atoms with E-state index in [2.05, 4.69) is 5.32 Å². The summed E-state index contributed by atoms with van der Waals surface area (Å²) in [6, 6.07) is 0. The van der Waals surface area contributed by atoms with Crippen LogP contribution in [0.2, 0.25) is 0 Å². The van der Waals surface area contributed by atoms with Crippen molar-refractivity contribution in [3.8, 4) is 0 Å². The van der Waals surface area contributed by atoms with Crippen LogP contribution in [0.25, 0.3) is 0 Å². The van der Waals surface area contributed by atoms with Crippen LogP contribution < -0.4 is 5.32 Å². The lowest BCUT2D eigenvalue weighted by atomic mass is 9.80. The molecule has 0 aliphatic carbocycles. The molecule has 2 saturated heterocycles. The minimum absolute atomic E-state index is 0.237. The molecular weight excluding hydrogens is 192 g/mol. The number of likely N-dealkylation sites (N-methyl/N-ethyl adjacent to an activating group) is 1. The third-order valence-corrected chi connectivity index (χ3v) is 3.67. The van der Waals surface area contributed by atoms with Gasteiger partial charge < -0.3 is 15.0 Å². The molecule has 0 saturated carbocycles. The predicted octanol–water partition coefficient (Wildman–Crippen LogP) is 0.235. The van der Waals surface area contributed by atoms with Crippen molar-refractivity contribution in [2.45, 2.75) is 19.3 Å². The van der Waals surface area contributed by atoms with Crippen molar-refractivity contribution >= 4 is 5.91 Å². The van der Waals surface area contributed by atoms with Gasteiger partial charge in [-0.05, 0) is 31.7 Å². The molecule has 1 spiro atoms. The lowest BCUT2D eigenvalue weighted by Crippen LogP contribution is -2.38. The Morgan fingerprint density at radius 3 is 2.80 bits per heavy atom. The highest BCUT2D eigenvalue weighted by molar-refractivity contribution is 5.78. The molecule has 4 nitrogen and oxygen atoms in total. The van der Waals surface area contributed by atoms with Gasteiger partial charge in [0, 0.05) is 26.3 Å². The zero-order valence-electron chi connectivity index (χ0n) is 9.42. The van der Waals surface area contributed by atoms with Gasteiger partial charge in [-0.2, -0.15) is 0 Å². The summed E-state index contributed by atoms with van der Waals surface area (Å²) in [5.41, 5.74) is 0.377. The minimum Gasteiger partial charge on any atom is -0.381 e. The van der Waals surface area contributed by atoms with E-state index in [4.69, 9.17) is 4.74 Å². The number of amides is 1. The summed E-state index contributed by atoms with van der Waals surface area (Å²) in [4.78, 5) is 13.7. The molecule has 2 aliphatic rings. The molecule has 0 atom stereocenters. The van der Waals surface area contributed by atoms with Crippen LogP contribution in [0.5, 0.6) is 0 Å². The first-order valence-electron chi connectivity index (χ1n) is 5.76. The van der Waals surface area contributed by atoms with Crippen molar-refractivity contribution in [2.75, 3.05) is 39.9 Å². The Bertz CT molecular complexity index is 237. The number of carbonyl (C=O) groups excluding carboxylic acids is 1. The van der Waals surface area contributed by atoms with E-state index >= 15 is 0 Å². The number of ether oxygens (including phenoxy) is 1. The van der Waals surface area contributed by atoms with E-state index < -0.39 is 0 Å². The molecule has 0 bridgehead atoms. The van der Waals surface area contributed by atoms with Crippen LogP contribution in [0.1, 0.15) is 19.3 Å². The van der Waals surface area contributed by atoms with Crippen molar-refractivity contribution in [3.05, 3.63) is 0 Å². The van der Waals surface area contributed by atoms with Gasteiger partial charge in [0.1, 0.15) is 0 Å². The molecule has 86 valence electrons. The van der Waals surface area contributed by atoms with E-state index in [0.29, 0.717) is 12.0 Å². The van der Waals surface area contributed by atoms with Gasteiger partial charge in [-0.1, -0.05) is 0 Å². The Morgan fingerprint density at radius 2 is 2.13 bits per heavy atom.